The van der Waals surface area contributed by atoms with Gasteiger partial charge in [0.2, 0.25) is 0 Å². The number of carbonyl (C=O) groups excluding carboxylic acids is 3. The first-order valence-corrected chi connectivity index (χ1v) is 31.8. The molecule has 0 N–H and O–H groups in total. The van der Waals surface area contributed by atoms with Crippen LogP contribution in [0.25, 0.3) is 0 Å². The molecule has 0 amide bonds. The number of unbranched alkanes of at least 4 members (excludes halogenated alkanes) is 44. The van der Waals surface area contributed by atoms with Gasteiger partial charge in [0, 0.05) is 19.3 Å². The van der Waals surface area contributed by atoms with E-state index in [-0.39, 0.29) is 31.1 Å². The third-order valence-electron chi connectivity index (χ3n) is 14.4. The van der Waals surface area contributed by atoms with E-state index in [4.69, 9.17) is 14.2 Å². The molecule has 0 fully saturated rings. The highest BCUT2D eigenvalue weighted by atomic mass is 16.6. The topological polar surface area (TPSA) is 78.9 Å². The molecule has 0 saturated carbocycles. The van der Waals surface area contributed by atoms with E-state index in [0.29, 0.717) is 19.3 Å². The number of hydrogen-bond donors (Lipinski definition) is 0. The molecule has 0 heterocycles. The molecule has 0 bridgehead atoms. The highest BCUT2D eigenvalue weighted by molar-refractivity contribution is 5.71. The fraction of sp³-hybridized carbons (Fsp3) is 0.892. The summed E-state index contributed by atoms with van der Waals surface area (Å²) in [7, 11) is 0. The van der Waals surface area contributed by atoms with Crippen molar-refractivity contribution in [3.63, 3.8) is 0 Å². The lowest BCUT2D eigenvalue weighted by atomic mass is 10.0. The number of esters is 3. The Kier molecular flexibility index (Phi) is 58.6. The quantitative estimate of drug-likeness (QED) is 0.0261. The van der Waals surface area contributed by atoms with Crippen molar-refractivity contribution in [1.82, 2.24) is 0 Å². The van der Waals surface area contributed by atoms with Crippen LogP contribution in [-0.4, -0.2) is 37.2 Å². The van der Waals surface area contributed by atoms with Crippen LogP contribution in [0.2, 0.25) is 0 Å². The summed E-state index contributed by atoms with van der Waals surface area (Å²) in [5.41, 5.74) is 0. The third kappa shape index (κ3) is 58.7. The summed E-state index contributed by atoms with van der Waals surface area (Å²) >= 11 is 0. The van der Waals surface area contributed by atoms with E-state index in [2.05, 4.69) is 45.1 Å². The zero-order valence-corrected chi connectivity index (χ0v) is 48.0. The molecule has 0 aliphatic rings. The molecule has 0 aromatic heterocycles. The molecular weight excluding hydrogens is 877 g/mol. The molecule has 71 heavy (non-hydrogen) atoms. The van der Waals surface area contributed by atoms with Gasteiger partial charge in [-0.15, -0.1) is 0 Å². The van der Waals surface area contributed by atoms with Crippen molar-refractivity contribution in [2.75, 3.05) is 13.2 Å². The maximum atomic E-state index is 12.8. The molecule has 0 rings (SSSR count). The first kappa shape index (κ1) is 68.9. The number of hydrogen-bond acceptors (Lipinski definition) is 6. The Morgan fingerprint density at radius 1 is 0.268 bits per heavy atom. The minimum absolute atomic E-state index is 0.0688. The van der Waals surface area contributed by atoms with E-state index in [0.717, 1.165) is 64.2 Å². The zero-order chi connectivity index (χ0) is 51.4. The van der Waals surface area contributed by atoms with Crippen LogP contribution < -0.4 is 0 Å². The van der Waals surface area contributed by atoms with E-state index in [1.54, 1.807) is 0 Å². The first-order valence-electron chi connectivity index (χ1n) is 31.8. The fourth-order valence-electron chi connectivity index (χ4n) is 9.61. The van der Waals surface area contributed by atoms with Gasteiger partial charge in [0.15, 0.2) is 6.10 Å². The minimum atomic E-state index is -0.767. The van der Waals surface area contributed by atoms with Crippen molar-refractivity contribution in [2.24, 2.45) is 0 Å². The minimum Gasteiger partial charge on any atom is -0.462 e. The van der Waals surface area contributed by atoms with Crippen LogP contribution in [0.1, 0.15) is 355 Å². The molecule has 0 saturated heterocycles. The standard InChI is InChI=1S/C65H122O6/c1-4-7-10-13-15-17-19-21-23-25-26-27-28-29-30-31-32-33-34-35-36-37-38-40-41-43-45-47-49-52-55-58-64(67)70-61-62(60-69-63(66)57-54-51-12-9-6-3)71-65(68)59-56-53-50-48-46-44-42-39-24-22-20-18-16-14-11-8-5-2/h22,24-26,62H,4-21,23,27-61H2,1-3H3/b24-22-,26-25-. The van der Waals surface area contributed by atoms with Gasteiger partial charge in [-0.1, -0.05) is 289 Å². The lowest BCUT2D eigenvalue weighted by molar-refractivity contribution is -0.167. The highest BCUT2D eigenvalue weighted by Gasteiger charge is 2.19. The van der Waals surface area contributed by atoms with Crippen molar-refractivity contribution in [2.45, 2.75) is 361 Å². The van der Waals surface area contributed by atoms with Crippen molar-refractivity contribution < 1.29 is 28.6 Å². The normalized spacial score (nSPS) is 12.1. The van der Waals surface area contributed by atoms with Crippen LogP contribution in [0.5, 0.6) is 0 Å². The van der Waals surface area contributed by atoms with E-state index in [9.17, 15) is 14.4 Å². The van der Waals surface area contributed by atoms with Gasteiger partial charge in [-0.3, -0.25) is 14.4 Å². The van der Waals surface area contributed by atoms with Crippen LogP contribution in [0, 0.1) is 0 Å². The van der Waals surface area contributed by atoms with Gasteiger partial charge >= 0.3 is 17.9 Å². The van der Waals surface area contributed by atoms with Crippen molar-refractivity contribution in [3.8, 4) is 0 Å². The van der Waals surface area contributed by atoms with Gasteiger partial charge in [0.25, 0.3) is 0 Å². The molecule has 1 atom stereocenters. The molecule has 1 unspecified atom stereocenters. The van der Waals surface area contributed by atoms with E-state index in [1.807, 2.05) is 0 Å². The average molecular weight is 1000 g/mol. The van der Waals surface area contributed by atoms with Crippen molar-refractivity contribution in [3.05, 3.63) is 24.3 Å². The Bertz CT molecular complexity index is 1150. The summed E-state index contributed by atoms with van der Waals surface area (Å²) in [4.78, 5) is 37.8. The van der Waals surface area contributed by atoms with E-state index >= 15 is 0 Å². The number of rotatable bonds is 59. The summed E-state index contributed by atoms with van der Waals surface area (Å²) in [5, 5.41) is 0. The van der Waals surface area contributed by atoms with Gasteiger partial charge in [-0.05, 0) is 70.6 Å². The van der Waals surface area contributed by atoms with Gasteiger partial charge in [0.1, 0.15) is 13.2 Å². The summed E-state index contributed by atoms with van der Waals surface area (Å²) in [6.45, 7) is 6.60. The molecular formula is C65H122O6. The van der Waals surface area contributed by atoms with Gasteiger partial charge in [0.05, 0.1) is 0 Å². The van der Waals surface area contributed by atoms with Crippen LogP contribution in [0.3, 0.4) is 0 Å². The fourth-order valence-corrected chi connectivity index (χ4v) is 9.61. The second-order valence-electron chi connectivity index (χ2n) is 21.7. The maximum Gasteiger partial charge on any atom is 0.306 e. The van der Waals surface area contributed by atoms with Crippen molar-refractivity contribution >= 4 is 17.9 Å². The maximum absolute atomic E-state index is 12.8. The Labute approximate surface area is 443 Å². The number of carbonyl (C=O) groups is 3. The monoisotopic (exact) mass is 999 g/mol. The second kappa shape index (κ2) is 60.4. The molecule has 0 radical (unpaired) electrons. The van der Waals surface area contributed by atoms with Crippen molar-refractivity contribution in [1.29, 1.82) is 0 Å². The molecule has 418 valence electrons. The Morgan fingerprint density at radius 3 is 0.704 bits per heavy atom. The SMILES string of the molecule is CCCCCCCC/C=C\CCCCCCCCCC(=O)OC(COC(=O)CCCCCCC)COC(=O)CCCCCCCCCCCCCCCCCCCCC/C=C\CCCCCCCCCC. The molecule has 0 spiro atoms. The second-order valence-corrected chi connectivity index (χ2v) is 21.7. The molecule has 0 aromatic carbocycles. The molecule has 6 nitrogen and oxygen atoms in total. The Morgan fingerprint density at radius 2 is 0.465 bits per heavy atom. The predicted molar refractivity (Wildman–Crippen MR) is 307 cm³/mol. The van der Waals surface area contributed by atoms with E-state index < -0.39 is 6.10 Å². The van der Waals surface area contributed by atoms with Crippen LogP contribution in [-0.2, 0) is 28.6 Å². The Balaban J connectivity index is 3.91. The molecule has 6 heteroatoms. The number of ether oxygens (including phenoxy) is 3. The number of allylic oxidation sites excluding steroid dienone is 4. The van der Waals surface area contributed by atoms with Crippen LogP contribution in [0.4, 0.5) is 0 Å². The largest absolute Gasteiger partial charge is 0.462 e. The Hall–Kier alpha value is -2.11. The summed E-state index contributed by atoms with van der Waals surface area (Å²) in [6, 6.07) is 0. The lowest BCUT2D eigenvalue weighted by Gasteiger charge is -2.18. The van der Waals surface area contributed by atoms with Gasteiger partial charge in [-0.25, -0.2) is 0 Å². The third-order valence-corrected chi connectivity index (χ3v) is 14.4. The van der Waals surface area contributed by atoms with Crippen LogP contribution >= 0.6 is 0 Å². The summed E-state index contributed by atoms with van der Waals surface area (Å²) in [6.07, 6.45) is 72.5. The predicted octanol–water partition coefficient (Wildman–Crippen LogP) is 21.4. The average Bonchev–Trinajstić information content (AvgIpc) is 3.37. The zero-order valence-electron chi connectivity index (χ0n) is 48.0. The first-order chi connectivity index (χ1) is 35.0. The molecule has 0 aromatic rings. The highest BCUT2D eigenvalue weighted by Crippen LogP contribution is 2.18. The van der Waals surface area contributed by atoms with Gasteiger partial charge < -0.3 is 14.2 Å². The summed E-state index contributed by atoms with van der Waals surface area (Å²) in [5.74, 6) is -0.867. The van der Waals surface area contributed by atoms with Gasteiger partial charge in [-0.2, -0.15) is 0 Å². The lowest BCUT2D eigenvalue weighted by Crippen LogP contribution is -2.30. The molecule has 0 aliphatic carbocycles. The summed E-state index contributed by atoms with van der Waals surface area (Å²) < 4.78 is 16.8. The van der Waals surface area contributed by atoms with Crippen LogP contribution in [0.15, 0.2) is 24.3 Å². The molecule has 0 aliphatic heterocycles. The van der Waals surface area contributed by atoms with E-state index in [1.165, 1.54) is 250 Å². The smallest absolute Gasteiger partial charge is 0.306 e.